The zero-order valence-corrected chi connectivity index (χ0v) is 12.1. The molecule has 1 atom stereocenters. The number of nitrogen functional groups attached to an aromatic ring is 1. The molecule has 3 nitrogen and oxygen atoms in total. The van der Waals surface area contributed by atoms with E-state index in [1.807, 2.05) is 6.07 Å². The van der Waals surface area contributed by atoms with Crippen molar-refractivity contribution < 1.29 is 0 Å². The summed E-state index contributed by atoms with van der Waals surface area (Å²) in [6.07, 6.45) is 3.71. The molecule has 0 bridgehead atoms. The molecule has 2 aliphatic heterocycles. The van der Waals surface area contributed by atoms with E-state index >= 15 is 0 Å². The molecule has 0 saturated carbocycles. The third-order valence-corrected chi connectivity index (χ3v) is 4.88. The molecule has 2 N–H and O–H groups in total. The Bertz CT molecular complexity index is 449. The number of fused-ring (bicyclic) bond motifs is 1. The molecule has 3 heteroatoms. The molecule has 3 rings (SSSR count). The summed E-state index contributed by atoms with van der Waals surface area (Å²) in [6.45, 7) is 5.90. The van der Waals surface area contributed by atoms with Gasteiger partial charge in [-0.2, -0.15) is 0 Å². The fraction of sp³-hybridized carbons (Fsp3) is 0.625. The summed E-state index contributed by atoms with van der Waals surface area (Å²) < 4.78 is 0. The first-order chi connectivity index (χ1) is 9.15. The number of nitrogens with zero attached hydrogens (tertiary/aromatic N) is 2. The highest BCUT2D eigenvalue weighted by Crippen LogP contribution is 2.31. The first-order valence-corrected chi connectivity index (χ1v) is 7.45. The molecule has 0 aromatic heterocycles. The minimum absolute atomic E-state index is 0.616. The molecule has 0 amide bonds. The van der Waals surface area contributed by atoms with Gasteiger partial charge in [0.05, 0.1) is 0 Å². The topological polar surface area (TPSA) is 32.5 Å². The molecule has 0 radical (unpaired) electrons. The molecule has 0 aliphatic carbocycles. The van der Waals surface area contributed by atoms with Crippen molar-refractivity contribution >= 4 is 5.69 Å². The van der Waals surface area contributed by atoms with Gasteiger partial charge in [-0.05, 0) is 63.5 Å². The third-order valence-electron chi connectivity index (χ3n) is 4.88. The Labute approximate surface area is 116 Å². The molecule has 19 heavy (non-hydrogen) atoms. The molecule has 104 valence electrons. The summed E-state index contributed by atoms with van der Waals surface area (Å²) in [5.74, 6) is 0. The maximum Gasteiger partial charge on any atom is 0.0350 e. The Morgan fingerprint density at radius 1 is 1.21 bits per heavy atom. The van der Waals surface area contributed by atoms with E-state index in [-0.39, 0.29) is 0 Å². The standard InChI is InChI=1S/C16H25N3/c1-12-10-15-13(4-3-5-16(15)17)11-19(12)14-6-8-18(2)9-7-14/h3-5,12,14H,6-11,17H2,1-2H3. The SMILES string of the molecule is CC1Cc2c(N)cccc2CN1C1CCN(C)CC1. The second kappa shape index (κ2) is 5.14. The maximum absolute atomic E-state index is 6.12. The van der Waals surface area contributed by atoms with Gasteiger partial charge in [0, 0.05) is 24.3 Å². The fourth-order valence-corrected chi connectivity index (χ4v) is 3.63. The van der Waals surface area contributed by atoms with Gasteiger partial charge in [0.2, 0.25) is 0 Å². The summed E-state index contributed by atoms with van der Waals surface area (Å²) in [5.41, 5.74) is 9.93. The molecule has 0 spiro atoms. The molecule has 1 fully saturated rings. The third kappa shape index (κ3) is 2.49. The lowest BCUT2D eigenvalue weighted by molar-refractivity contribution is 0.0732. The largest absolute Gasteiger partial charge is 0.398 e. The Morgan fingerprint density at radius 3 is 2.68 bits per heavy atom. The minimum atomic E-state index is 0.616. The van der Waals surface area contributed by atoms with Crippen molar-refractivity contribution in [3.05, 3.63) is 29.3 Å². The van der Waals surface area contributed by atoms with Crippen LogP contribution in [0.5, 0.6) is 0 Å². The van der Waals surface area contributed by atoms with Crippen molar-refractivity contribution in [2.75, 3.05) is 25.9 Å². The van der Waals surface area contributed by atoms with Crippen LogP contribution in [0.1, 0.15) is 30.9 Å². The van der Waals surface area contributed by atoms with Gasteiger partial charge in [0.25, 0.3) is 0 Å². The van der Waals surface area contributed by atoms with Crippen LogP contribution in [0, 0.1) is 0 Å². The van der Waals surface area contributed by atoms with Crippen LogP contribution < -0.4 is 5.73 Å². The Morgan fingerprint density at radius 2 is 1.95 bits per heavy atom. The maximum atomic E-state index is 6.12. The van der Waals surface area contributed by atoms with Crippen LogP contribution >= 0.6 is 0 Å². The number of hydrogen-bond donors (Lipinski definition) is 1. The van der Waals surface area contributed by atoms with Gasteiger partial charge in [0.15, 0.2) is 0 Å². The molecule has 1 aromatic rings. The van der Waals surface area contributed by atoms with E-state index in [0.29, 0.717) is 6.04 Å². The highest BCUT2D eigenvalue weighted by molar-refractivity contribution is 5.52. The van der Waals surface area contributed by atoms with Crippen LogP contribution in [0.3, 0.4) is 0 Å². The average molecular weight is 259 g/mol. The second-order valence-corrected chi connectivity index (χ2v) is 6.24. The quantitative estimate of drug-likeness (QED) is 0.784. The van der Waals surface area contributed by atoms with Gasteiger partial charge in [-0.1, -0.05) is 12.1 Å². The van der Waals surface area contributed by atoms with Crippen molar-refractivity contribution in [1.82, 2.24) is 9.80 Å². The van der Waals surface area contributed by atoms with Crippen LogP contribution in [0.25, 0.3) is 0 Å². The summed E-state index contributed by atoms with van der Waals surface area (Å²) in [7, 11) is 2.23. The van der Waals surface area contributed by atoms with Crippen molar-refractivity contribution in [1.29, 1.82) is 0 Å². The van der Waals surface area contributed by atoms with Gasteiger partial charge < -0.3 is 10.6 Å². The van der Waals surface area contributed by atoms with Gasteiger partial charge >= 0.3 is 0 Å². The van der Waals surface area contributed by atoms with Crippen molar-refractivity contribution in [3.8, 4) is 0 Å². The highest BCUT2D eigenvalue weighted by atomic mass is 15.2. The summed E-state index contributed by atoms with van der Waals surface area (Å²) in [5, 5.41) is 0. The normalized spacial score (nSPS) is 26.3. The first kappa shape index (κ1) is 12.9. The predicted octanol–water partition coefficient (Wildman–Crippen LogP) is 2.11. The first-order valence-electron chi connectivity index (χ1n) is 7.45. The zero-order chi connectivity index (χ0) is 13.4. The van der Waals surface area contributed by atoms with Crippen LogP contribution in [-0.2, 0) is 13.0 Å². The van der Waals surface area contributed by atoms with Crippen LogP contribution in [0.4, 0.5) is 5.69 Å². The lowest BCUT2D eigenvalue weighted by atomic mass is 9.90. The number of rotatable bonds is 1. The van der Waals surface area contributed by atoms with E-state index in [9.17, 15) is 0 Å². The molecular formula is C16H25N3. The lowest BCUT2D eigenvalue weighted by Crippen LogP contribution is -2.49. The summed E-state index contributed by atoms with van der Waals surface area (Å²) >= 11 is 0. The van der Waals surface area contributed by atoms with Gasteiger partial charge in [-0.25, -0.2) is 0 Å². The average Bonchev–Trinajstić information content (AvgIpc) is 2.40. The highest BCUT2D eigenvalue weighted by Gasteiger charge is 2.31. The van der Waals surface area contributed by atoms with Crippen molar-refractivity contribution in [3.63, 3.8) is 0 Å². The molecule has 1 saturated heterocycles. The van der Waals surface area contributed by atoms with Gasteiger partial charge in [-0.3, -0.25) is 4.90 Å². The fourth-order valence-electron chi connectivity index (χ4n) is 3.63. The van der Waals surface area contributed by atoms with Crippen molar-refractivity contribution in [2.45, 2.75) is 44.8 Å². The Kier molecular flexibility index (Phi) is 3.50. The molecule has 2 heterocycles. The van der Waals surface area contributed by atoms with Gasteiger partial charge in [0.1, 0.15) is 0 Å². The Hall–Kier alpha value is -1.06. The van der Waals surface area contributed by atoms with Gasteiger partial charge in [-0.15, -0.1) is 0 Å². The number of nitrogens with two attached hydrogens (primary N) is 1. The van der Waals surface area contributed by atoms with Crippen LogP contribution in [0.2, 0.25) is 0 Å². The molecule has 1 unspecified atom stereocenters. The van der Waals surface area contributed by atoms with Crippen molar-refractivity contribution in [2.24, 2.45) is 0 Å². The number of hydrogen-bond acceptors (Lipinski definition) is 3. The van der Waals surface area contributed by atoms with E-state index in [1.54, 1.807) is 0 Å². The van der Waals surface area contributed by atoms with E-state index in [4.69, 9.17) is 5.73 Å². The monoisotopic (exact) mass is 259 g/mol. The van der Waals surface area contributed by atoms with E-state index in [1.165, 1.54) is 37.1 Å². The Balaban J connectivity index is 1.78. The van der Waals surface area contributed by atoms with E-state index in [2.05, 4.69) is 35.9 Å². The number of benzene rings is 1. The molecule has 2 aliphatic rings. The molecular weight excluding hydrogens is 234 g/mol. The summed E-state index contributed by atoms with van der Waals surface area (Å²) in [4.78, 5) is 5.14. The number of likely N-dealkylation sites (tertiary alicyclic amines) is 1. The second-order valence-electron chi connectivity index (χ2n) is 6.24. The van der Waals surface area contributed by atoms with E-state index < -0.39 is 0 Å². The zero-order valence-electron chi connectivity index (χ0n) is 12.1. The number of anilines is 1. The van der Waals surface area contributed by atoms with Crippen LogP contribution in [0.15, 0.2) is 18.2 Å². The predicted molar refractivity (Wildman–Crippen MR) is 80.1 cm³/mol. The smallest absolute Gasteiger partial charge is 0.0350 e. The summed E-state index contributed by atoms with van der Waals surface area (Å²) in [6, 6.07) is 7.75. The lowest BCUT2D eigenvalue weighted by Gasteiger charge is -2.43. The minimum Gasteiger partial charge on any atom is -0.398 e. The number of piperidine rings is 1. The van der Waals surface area contributed by atoms with E-state index in [0.717, 1.165) is 24.7 Å². The van der Waals surface area contributed by atoms with Crippen LogP contribution in [-0.4, -0.2) is 42.0 Å². The molecule has 1 aromatic carbocycles.